The first-order chi connectivity index (χ1) is 7.79. The summed E-state index contributed by atoms with van der Waals surface area (Å²) >= 11 is 0. The van der Waals surface area contributed by atoms with Crippen molar-refractivity contribution in [3.05, 3.63) is 35.9 Å². The zero-order chi connectivity index (χ0) is 11.8. The SMILES string of the molecule is CCCCCC(C)C(NC)c1ccccc1. The first-order valence-electron chi connectivity index (χ1n) is 6.51. The summed E-state index contributed by atoms with van der Waals surface area (Å²) in [7, 11) is 2.06. The monoisotopic (exact) mass is 219 g/mol. The predicted octanol–water partition coefficient (Wildman–Crippen LogP) is 4.16. The molecule has 0 saturated heterocycles. The third kappa shape index (κ3) is 3.97. The maximum Gasteiger partial charge on any atom is 0.0343 e. The fourth-order valence-corrected chi connectivity index (χ4v) is 2.32. The van der Waals surface area contributed by atoms with Crippen LogP contribution in [0.5, 0.6) is 0 Å². The summed E-state index contributed by atoms with van der Waals surface area (Å²) < 4.78 is 0. The standard InChI is InChI=1S/C15H25N/c1-4-5-7-10-13(2)15(16-3)14-11-8-6-9-12-14/h6,8-9,11-13,15-16H,4-5,7,10H2,1-3H3. The summed E-state index contributed by atoms with van der Waals surface area (Å²) in [4.78, 5) is 0. The lowest BCUT2D eigenvalue weighted by atomic mass is 9.90. The molecule has 0 bridgehead atoms. The Morgan fingerprint density at radius 2 is 1.81 bits per heavy atom. The van der Waals surface area contributed by atoms with E-state index in [4.69, 9.17) is 0 Å². The van der Waals surface area contributed by atoms with E-state index in [0.29, 0.717) is 12.0 Å². The van der Waals surface area contributed by atoms with Crippen LogP contribution in [0.25, 0.3) is 0 Å². The van der Waals surface area contributed by atoms with Gasteiger partial charge in [-0.05, 0) is 24.9 Å². The Bertz CT molecular complexity index is 268. The Kier molecular flexibility index (Phi) is 6.17. The van der Waals surface area contributed by atoms with E-state index < -0.39 is 0 Å². The van der Waals surface area contributed by atoms with Crippen LogP contribution >= 0.6 is 0 Å². The topological polar surface area (TPSA) is 12.0 Å². The predicted molar refractivity (Wildman–Crippen MR) is 71.5 cm³/mol. The van der Waals surface area contributed by atoms with Crippen molar-refractivity contribution in [3.63, 3.8) is 0 Å². The average molecular weight is 219 g/mol. The molecule has 90 valence electrons. The molecule has 0 saturated carbocycles. The van der Waals surface area contributed by atoms with Gasteiger partial charge in [0.1, 0.15) is 0 Å². The second-order valence-electron chi connectivity index (χ2n) is 4.65. The average Bonchev–Trinajstić information content (AvgIpc) is 2.32. The molecule has 0 aliphatic heterocycles. The molecule has 1 aromatic rings. The third-order valence-electron chi connectivity index (χ3n) is 3.30. The molecular weight excluding hydrogens is 194 g/mol. The summed E-state index contributed by atoms with van der Waals surface area (Å²) in [6.07, 6.45) is 5.33. The Morgan fingerprint density at radius 3 is 2.38 bits per heavy atom. The second kappa shape index (κ2) is 7.45. The van der Waals surface area contributed by atoms with Crippen molar-refractivity contribution < 1.29 is 0 Å². The van der Waals surface area contributed by atoms with Gasteiger partial charge < -0.3 is 5.32 Å². The zero-order valence-electron chi connectivity index (χ0n) is 10.9. The smallest absolute Gasteiger partial charge is 0.0343 e. The van der Waals surface area contributed by atoms with Gasteiger partial charge in [-0.15, -0.1) is 0 Å². The van der Waals surface area contributed by atoms with Crippen LogP contribution in [0.15, 0.2) is 30.3 Å². The normalized spacial score (nSPS) is 14.7. The van der Waals surface area contributed by atoms with Gasteiger partial charge in [-0.3, -0.25) is 0 Å². The largest absolute Gasteiger partial charge is 0.313 e. The number of hydrogen-bond acceptors (Lipinski definition) is 1. The van der Waals surface area contributed by atoms with Gasteiger partial charge in [-0.1, -0.05) is 63.4 Å². The molecule has 0 aliphatic carbocycles. The van der Waals surface area contributed by atoms with E-state index in [1.165, 1.54) is 31.2 Å². The van der Waals surface area contributed by atoms with Gasteiger partial charge >= 0.3 is 0 Å². The van der Waals surface area contributed by atoms with Crippen molar-refractivity contribution in [1.82, 2.24) is 5.32 Å². The maximum atomic E-state index is 3.45. The summed E-state index contributed by atoms with van der Waals surface area (Å²) in [5, 5.41) is 3.45. The van der Waals surface area contributed by atoms with Gasteiger partial charge in [0.15, 0.2) is 0 Å². The molecule has 2 atom stereocenters. The summed E-state index contributed by atoms with van der Waals surface area (Å²) in [6.45, 7) is 4.61. The highest BCUT2D eigenvalue weighted by molar-refractivity contribution is 5.19. The highest BCUT2D eigenvalue weighted by Gasteiger charge is 2.16. The van der Waals surface area contributed by atoms with Crippen LogP contribution in [0.1, 0.15) is 51.1 Å². The van der Waals surface area contributed by atoms with Gasteiger partial charge in [-0.25, -0.2) is 0 Å². The van der Waals surface area contributed by atoms with Gasteiger partial charge in [0, 0.05) is 6.04 Å². The van der Waals surface area contributed by atoms with E-state index in [0.717, 1.165) is 0 Å². The second-order valence-corrected chi connectivity index (χ2v) is 4.65. The quantitative estimate of drug-likeness (QED) is 0.679. The van der Waals surface area contributed by atoms with Crippen molar-refractivity contribution in [3.8, 4) is 0 Å². The summed E-state index contributed by atoms with van der Waals surface area (Å²) in [5.41, 5.74) is 1.41. The first kappa shape index (κ1) is 13.2. The summed E-state index contributed by atoms with van der Waals surface area (Å²) in [6, 6.07) is 11.3. The molecular formula is C15H25N. The molecule has 0 aliphatic rings. The van der Waals surface area contributed by atoms with Crippen molar-refractivity contribution in [1.29, 1.82) is 0 Å². The molecule has 1 nitrogen and oxygen atoms in total. The minimum absolute atomic E-state index is 0.498. The minimum atomic E-state index is 0.498. The molecule has 16 heavy (non-hydrogen) atoms. The lowest BCUT2D eigenvalue weighted by Crippen LogP contribution is -2.23. The van der Waals surface area contributed by atoms with Crippen molar-refractivity contribution in [2.24, 2.45) is 5.92 Å². The van der Waals surface area contributed by atoms with E-state index >= 15 is 0 Å². The third-order valence-corrected chi connectivity index (χ3v) is 3.30. The molecule has 0 aromatic heterocycles. The number of benzene rings is 1. The lowest BCUT2D eigenvalue weighted by molar-refractivity contribution is 0.374. The molecule has 1 heteroatoms. The Balaban J connectivity index is 2.53. The van der Waals surface area contributed by atoms with Crippen LogP contribution in [-0.2, 0) is 0 Å². The molecule has 0 spiro atoms. The van der Waals surface area contributed by atoms with Crippen molar-refractivity contribution in [2.45, 2.75) is 45.6 Å². The van der Waals surface area contributed by atoms with Crippen LogP contribution in [0.4, 0.5) is 0 Å². The molecule has 0 heterocycles. The van der Waals surface area contributed by atoms with Crippen LogP contribution in [0, 0.1) is 5.92 Å². The Hall–Kier alpha value is -0.820. The molecule has 0 radical (unpaired) electrons. The molecule has 2 unspecified atom stereocenters. The van der Waals surface area contributed by atoms with E-state index in [1.54, 1.807) is 0 Å². The van der Waals surface area contributed by atoms with Crippen molar-refractivity contribution >= 4 is 0 Å². The molecule has 1 rings (SSSR count). The van der Waals surface area contributed by atoms with Crippen LogP contribution in [-0.4, -0.2) is 7.05 Å². The number of nitrogens with one attached hydrogen (secondary N) is 1. The van der Waals surface area contributed by atoms with Gasteiger partial charge in [0.25, 0.3) is 0 Å². The van der Waals surface area contributed by atoms with Crippen LogP contribution < -0.4 is 5.32 Å². The van der Waals surface area contributed by atoms with E-state index in [9.17, 15) is 0 Å². The highest BCUT2D eigenvalue weighted by Crippen LogP contribution is 2.25. The van der Waals surface area contributed by atoms with Gasteiger partial charge in [-0.2, -0.15) is 0 Å². The van der Waals surface area contributed by atoms with Gasteiger partial charge in [0.05, 0.1) is 0 Å². The van der Waals surface area contributed by atoms with Gasteiger partial charge in [0.2, 0.25) is 0 Å². The minimum Gasteiger partial charge on any atom is -0.313 e. The Labute approximate surface area is 100 Å². The van der Waals surface area contributed by atoms with E-state index in [1.807, 2.05) is 0 Å². The van der Waals surface area contributed by atoms with E-state index in [-0.39, 0.29) is 0 Å². The van der Waals surface area contributed by atoms with Crippen molar-refractivity contribution in [2.75, 3.05) is 7.05 Å². The summed E-state index contributed by atoms with van der Waals surface area (Å²) in [5.74, 6) is 0.707. The number of unbranched alkanes of at least 4 members (excludes halogenated alkanes) is 2. The fourth-order valence-electron chi connectivity index (χ4n) is 2.32. The molecule has 1 N–H and O–H groups in total. The first-order valence-corrected chi connectivity index (χ1v) is 6.51. The van der Waals surface area contributed by atoms with Crippen LogP contribution in [0.3, 0.4) is 0 Å². The van der Waals surface area contributed by atoms with E-state index in [2.05, 4.69) is 56.5 Å². The fraction of sp³-hybridized carbons (Fsp3) is 0.600. The zero-order valence-corrected chi connectivity index (χ0v) is 10.9. The lowest BCUT2D eigenvalue weighted by Gasteiger charge is -2.24. The van der Waals surface area contributed by atoms with Crippen LogP contribution in [0.2, 0.25) is 0 Å². The number of hydrogen-bond donors (Lipinski definition) is 1. The maximum absolute atomic E-state index is 3.45. The highest BCUT2D eigenvalue weighted by atomic mass is 14.9. The Morgan fingerprint density at radius 1 is 1.12 bits per heavy atom. The molecule has 0 amide bonds. The molecule has 1 aromatic carbocycles. The molecule has 0 fully saturated rings. The number of rotatable bonds is 7.